The lowest BCUT2D eigenvalue weighted by atomic mass is 10.1. The Hall–Kier alpha value is -1.20. The van der Waals surface area contributed by atoms with Crippen LogP contribution in [0.3, 0.4) is 0 Å². The summed E-state index contributed by atoms with van der Waals surface area (Å²) in [5, 5.41) is 0.168. The van der Waals surface area contributed by atoms with Crippen LogP contribution >= 0.6 is 0 Å². The van der Waals surface area contributed by atoms with Crippen molar-refractivity contribution in [3.05, 3.63) is 59.7 Å². The van der Waals surface area contributed by atoms with Crippen LogP contribution in [0.1, 0.15) is 72.8 Å². The molecule has 0 saturated carbocycles. The van der Waals surface area contributed by atoms with E-state index < -0.39 is 8.32 Å². The second kappa shape index (κ2) is 12.3. The number of hydrogen-bond donors (Lipinski definition) is 0. The van der Waals surface area contributed by atoms with Gasteiger partial charge in [0.2, 0.25) is 0 Å². The Bertz CT molecular complexity index is 729. The van der Waals surface area contributed by atoms with Gasteiger partial charge in [0.1, 0.15) is 0 Å². The van der Waals surface area contributed by atoms with Crippen LogP contribution in [0.4, 0.5) is 0 Å². The SMILES string of the molecule is CC[C@@H]1O[C@@H](CC=C(C)C)[C@H](O[Si](C)(C)C(C)(C)C)C/C=C\C[C@H]1OCc1ccccc1. The van der Waals surface area contributed by atoms with Crippen molar-refractivity contribution in [3.8, 4) is 0 Å². The van der Waals surface area contributed by atoms with Gasteiger partial charge in [-0.15, -0.1) is 0 Å². The minimum Gasteiger partial charge on any atom is -0.411 e. The van der Waals surface area contributed by atoms with Crippen molar-refractivity contribution >= 4 is 8.32 Å². The minimum absolute atomic E-state index is 0.0227. The van der Waals surface area contributed by atoms with Gasteiger partial charge in [-0.25, -0.2) is 0 Å². The maximum absolute atomic E-state index is 6.93. The van der Waals surface area contributed by atoms with Crippen molar-refractivity contribution < 1.29 is 13.9 Å². The third kappa shape index (κ3) is 8.29. The Kier molecular flexibility index (Phi) is 10.4. The zero-order valence-corrected chi connectivity index (χ0v) is 22.7. The second-order valence-corrected chi connectivity index (χ2v) is 15.6. The molecule has 1 aromatic rings. The molecule has 0 N–H and O–H groups in total. The van der Waals surface area contributed by atoms with Crippen LogP contribution in [0.25, 0.3) is 0 Å². The van der Waals surface area contributed by atoms with E-state index in [0.29, 0.717) is 6.61 Å². The van der Waals surface area contributed by atoms with E-state index in [1.807, 2.05) is 6.07 Å². The summed E-state index contributed by atoms with van der Waals surface area (Å²) in [6, 6.07) is 10.4. The minimum atomic E-state index is -1.92. The molecule has 1 aliphatic rings. The van der Waals surface area contributed by atoms with Gasteiger partial charge in [-0.1, -0.05) is 81.8 Å². The fourth-order valence-electron chi connectivity index (χ4n) is 3.71. The summed E-state index contributed by atoms with van der Waals surface area (Å²) in [4.78, 5) is 0. The van der Waals surface area contributed by atoms with Gasteiger partial charge in [0.05, 0.1) is 31.0 Å². The maximum Gasteiger partial charge on any atom is 0.192 e. The van der Waals surface area contributed by atoms with Gasteiger partial charge in [-0.2, -0.15) is 0 Å². The molecule has 0 radical (unpaired) electrons. The average molecular weight is 459 g/mol. The van der Waals surface area contributed by atoms with Crippen LogP contribution in [0, 0.1) is 0 Å². The van der Waals surface area contributed by atoms with E-state index in [9.17, 15) is 0 Å². The molecule has 0 amide bonds. The Morgan fingerprint density at radius 1 is 1.03 bits per heavy atom. The highest BCUT2D eigenvalue weighted by molar-refractivity contribution is 6.74. The van der Waals surface area contributed by atoms with Crippen molar-refractivity contribution in [1.82, 2.24) is 0 Å². The average Bonchev–Trinajstić information content (AvgIpc) is 2.80. The monoisotopic (exact) mass is 458 g/mol. The highest BCUT2D eigenvalue weighted by Gasteiger charge is 2.41. The summed E-state index contributed by atoms with van der Waals surface area (Å²) in [7, 11) is -1.92. The maximum atomic E-state index is 6.93. The summed E-state index contributed by atoms with van der Waals surface area (Å²) in [6.45, 7) is 18.7. The third-order valence-corrected chi connectivity index (χ3v) is 11.3. The predicted molar refractivity (Wildman–Crippen MR) is 138 cm³/mol. The van der Waals surface area contributed by atoms with Crippen LogP contribution in [0.2, 0.25) is 18.1 Å². The largest absolute Gasteiger partial charge is 0.411 e. The first-order chi connectivity index (χ1) is 15.0. The van der Waals surface area contributed by atoms with Gasteiger partial charge in [-0.3, -0.25) is 0 Å². The van der Waals surface area contributed by atoms with Gasteiger partial charge in [0.15, 0.2) is 8.32 Å². The molecule has 0 aromatic heterocycles. The summed E-state index contributed by atoms with van der Waals surface area (Å²) in [5.74, 6) is 0. The number of hydrogen-bond acceptors (Lipinski definition) is 3. The Labute approximate surface area is 198 Å². The lowest BCUT2D eigenvalue weighted by molar-refractivity contribution is -0.129. The molecule has 0 aliphatic carbocycles. The van der Waals surface area contributed by atoms with Gasteiger partial charge in [0, 0.05) is 0 Å². The van der Waals surface area contributed by atoms with Crippen LogP contribution in [-0.4, -0.2) is 32.7 Å². The molecule has 1 heterocycles. The first-order valence-corrected chi connectivity index (χ1v) is 15.2. The van der Waals surface area contributed by atoms with E-state index in [1.165, 1.54) is 11.1 Å². The molecule has 0 spiro atoms. The van der Waals surface area contributed by atoms with E-state index in [0.717, 1.165) is 25.7 Å². The van der Waals surface area contributed by atoms with Gasteiger partial charge >= 0.3 is 0 Å². The van der Waals surface area contributed by atoms with E-state index >= 15 is 0 Å². The van der Waals surface area contributed by atoms with E-state index in [2.05, 4.69) is 97.1 Å². The van der Waals surface area contributed by atoms with Crippen LogP contribution in [-0.2, 0) is 20.5 Å². The van der Waals surface area contributed by atoms with Crippen LogP contribution in [0.15, 0.2) is 54.1 Å². The summed E-state index contributed by atoms with van der Waals surface area (Å²) < 4.78 is 20.2. The quantitative estimate of drug-likeness (QED) is 0.293. The van der Waals surface area contributed by atoms with Crippen molar-refractivity contribution in [2.45, 2.75) is 116 Å². The first kappa shape index (κ1) is 27.0. The van der Waals surface area contributed by atoms with Crippen molar-refractivity contribution in [3.63, 3.8) is 0 Å². The van der Waals surface area contributed by atoms with Gasteiger partial charge in [-0.05, 0) is 63.2 Å². The lowest BCUT2D eigenvalue weighted by Crippen LogP contribution is -2.48. The normalized spacial score (nSPS) is 26.0. The van der Waals surface area contributed by atoms with Crippen LogP contribution < -0.4 is 0 Å². The highest BCUT2D eigenvalue weighted by atomic mass is 28.4. The fourth-order valence-corrected chi connectivity index (χ4v) is 5.07. The summed E-state index contributed by atoms with van der Waals surface area (Å²) in [5.41, 5.74) is 2.52. The highest BCUT2D eigenvalue weighted by Crippen LogP contribution is 2.39. The molecule has 0 unspecified atom stereocenters. The standard InChI is InChI=1S/C28H46O3Si/c1-9-24-25(29-21-23-15-11-10-12-16-23)17-13-14-18-27(26(30-24)20-19-22(2)3)31-32(7,8)28(4,5)6/h10-16,19,24-27H,9,17-18,20-21H2,1-8H3/b14-13-/t24-,25+,26-,27+/m0/s1. The number of ether oxygens (including phenoxy) is 2. The molecule has 0 fully saturated rings. The molecule has 32 heavy (non-hydrogen) atoms. The number of benzene rings is 1. The Balaban J connectivity index is 2.23. The predicted octanol–water partition coefficient (Wildman–Crippen LogP) is 7.83. The zero-order valence-electron chi connectivity index (χ0n) is 21.7. The zero-order chi connectivity index (χ0) is 23.8. The lowest BCUT2D eigenvalue weighted by Gasteiger charge is -2.42. The molecular weight excluding hydrogens is 412 g/mol. The molecule has 180 valence electrons. The molecular formula is C28H46O3Si. The summed E-state index contributed by atoms with van der Waals surface area (Å²) >= 11 is 0. The summed E-state index contributed by atoms with van der Waals surface area (Å²) in [6.07, 6.45) is 10.6. The van der Waals surface area contributed by atoms with Crippen LogP contribution in [0.5, 0.6) is 0 Å². The smallest absolute Gasteiger partial charge is 0.192 e. The van der Waals surface area contributed by atoms with Crippen molar-refractivity contribution in [2.75, 3.05) is 0 Å². The van der Waals surface area contributed by atoms with Crippen molar-refractivity contribution in [1.29, 1.82) is 0 Å². The third-order valence-electron chi connectivity index (χ3n) is 6.80. The second-order valence-electron chi connectivity index (χ2n) is 10.8. The Morgan fingerprint density at radius 3 is 2.22 bits per heavy atom. The molecule has 2 rings (SSSR count). The van der Waals surface area contributed by atoms with E-state index in [1.54, 1.807) is 0 Å². The number of allylic oxidation sites excluding steroid dienone is 1. The molecule has 0 saturated heterocycles. The first-order valence-electron chi connectivity index (χ1n) is 12.3. The Morgan fingerprint density at radius 2 is 1.66 bits per heavy atom. The molecule has 4 atom stereocenters. The topological polar surface area (TPSA) is 27.7 Å². The molecule has 1 aliphatic heterocycles. The van der Waals surface area contributed by atoms with E-state index in [-0.39, 0.29) is 29.5 Å². The molecule has 1 aromatic carbocycles. The molecule has 0 bridgehead atoms. The van der Waals surface area contributed by atoms with E-state index in [4.69, 9.17) is 13.9 Å². The van der Waals surface area contributed by atoms with Gasteiger partial charge < -0.3 is 13.9 Å². The van der Waals surface area contributed by atoms with Crippen molar-refractivity contribution in [2.24, 2.45) is 0 Å². The molecule has 3 nitrogen and oxygen atoms in total. The number of rotatable bonds is 8. The molecule has 4 heteroatoms. The fraction of sp³-hybridized carbons (Fsp3) is 0.643. The van der Waals surface area contributed by atoms with Gasteiger partial charge in [0.25, 0.3) is 0 Å².